The van der Waals surface area contributed by atoms with Crippen molar-refractivity contribution in [3.8, 4) is 0 Å². The van der Waals surface area contributed by atoms with Crippen molar-refractivity contribution < 1.29 is 18.3 Å². The molecule has 0 radical (unpaired) electrons. The molecule has 0 fully saturated rings. The Morgan fingerprint density at radius 3 is 2.43 bits per heavy atom. The van der Waals surface area contributed by atoms with Crippen molar-refractivity contribution in [2.45, 2.75) is 17.9 Å². The molecule has 0 aliphatic carbocycles. The summed E-state index contributed by atoms with van der Waals surface area (Å²) >= 11 is 3.41. The summed E-state index contributed by atoms with van der Waals surface area (Å²) in [6.07, 6.45) is -0.398. The van der Waals surface area contributed by atoms with Gasteiger partial charge in [-0.25, -0.2) is 8.42 Å². The van der Waals surface area contributed by atoms with Gasteiger partial charge in [-0.2, -0.15) is 0 Å². The molecular weight excluding hydrogens is 382 g/mol. The molecule has 0 aliphatic rings. The second kappa shape index (κ2) is 7.61. The largest absolute Gasteiger partial charge is 0.481 e. The third-order valence-electron chi connectivity index (χ3n) is 3.18. The number of benzene rings is 2. The number of carboxylic acids is 1. The van der Waals surface area contributed by atoms with Gasteiger partial charge in [-0.05, 0) is 42.0 Å². The van der Waals surface area contributed by atoms with Gasteiger partial charge in [0.05, 0.1) is 17.1 Å². The lowest BCUT2D eigenvalue weighted by molar-refractivity contribution is -0.136. The average molecular weight is 398 g/mol. The second-order valence-electron chi connectivity index (χ2n) is 4.97. The van der Waals surface area contributed by atoms with Crippen LogP contribution in [0.25, 0.3) is 0 Å². The van der Waals surface area contributed by atoms with Gasteiger partial charge < -0.3 is 10.4 Å². The zero-order valence-electron chi connectivity index (χ0n) is 12.2. The summed E-state index contributed by atoms with van der Waals surface area (Å²) in [6.45, 7) is 0.616. The molecule has 2 N–H and O–H groups in total. The molecule has 0 heterocycles. The Kier molecular flexibility index (Phi) is 5.79. The van der Waals surface area contributed by atoms with Crippen LogP contribution < -0.4 is 5.32 Å². The molecule has 2 rings (SSSR count). The van der Waals surface area contributed by atoms with Gasteiger partial charge in [0.25, 0.3) is 0 Å². The van der Waals surface area contributed by atoms with E-state index in [1.54, 1.807) is 12.1 Å². The van der Waals surface area contributed by atoms with E-state index in [4.69, 9.17) is 5.11 Å². The van der Waals surface area contributed by atoms with Crippen LogP contribution in [0.1, 0.15) is 12.0 Å². The topological polar surface area (TPSA) is 83.5 Å². The molecule has 0 saturated heterocycles. The molecule has 0 atom stereocenters. The van der Waals surface area contributed by atoms with Crippen LogP contribution in [0.15, 0.2) is 57.9 Å². The first-order chi connectivity index (χ1) is 10.9. The van der Waals surface area contributed by atoms with E-state index >= 15 is 0 Å². The van der Waals surface area contributed by atoms with E-state index < -0.39 is 28.0 Å². The fourth-order valence-corrected chi connectivity index (χ4v) is 3.65. The van der Waals surface area contributed by atoms with E-state index in [1.165, 1.54) is 12.1 Å². The molecule has 0 saturated carbocycles. The fraction of sp³-hybridized carbons (Fsp3) is 0.188. The van der Waals surface area contributed by atoms with Crippen molar-refractivity contribution in [2.75, 3.05) is 11.1 Å². The Balaban J connectivity index is 2.00. The normalized spacial score (nSPS) is 11.2. The van der Waals surface area contributed by atoms with Crippen molar-refractivity contribution >= 4 is 37.4 Å². The monoisotopic (exact) mass is 397 g/mol. The Hall–Kier alpha value is -1.86. The molecule has 0 unspecified atom stereocenters. The van der Waals surface area contributed by atoms with Crippen LogP contribution in [-0.2, 0) is 21.2 Å². The number of halogens is 1. The summed E-state index contributed by atoms with van der Waals surface area (Å²) in [7, 11) is -3.56. The predicted octanol–water partition coefficient (Wildman–Crippen LogP) is 3.31. The van der Waals surface area contributed by atoms with Gasteiger partial charge in [0, 0.05) is 16.7 Å². The van der Waals surface area contributed by atoms with Crippen LogP contribution in [0.2, 0.25) is 0 Å². The third-order valence-corrected chi connectivity index (χ3v) is 5.41. The molecule has 0 aromatic heterocycles. The molecule has 0 aliphatic heterocycles. The van der Waals surface area contributed by atoms with Crippen molar-refractivity contribution in [3.63, 3.8) is 0 Å². The number of anilines is 1. The Labute approximate surface area is 143 Å². The highest BCUT2D eigenvalue weighted by Gasteiger charge is 2.15. The Morgan fingerprint density at radius 1 is 1.13 bits per heavy atom. The van der Waals surface area contributed by atoms with E-state index in [0.29, 0.717) is 6.54 Å². The van der Waals surface area contributed by atoms with Crippen LogP contribution in [0.5, 0.6) is 0 Å². The Bertz CT molecular complexity index is 788. The predicted molar refractivity (Wildman–Crippen MR) is 92.2 cm³/mol. The van der Waals surface area contributed by atoms with E-state index in [9.17, 15) is 13.2 Å². The summed E-state index contributed by atoms with van der Waals surface area (Å²) in [4.78, 5) is 10.6. The van der Waals surface area contributed by atoms with Crippen molar-refractivity contribution in [1.82, 2.24) is 0 Å². The number of carbonyl (C=O) groups is 1. The summed E-state index contributed by atoms with van der Waals surface area (Å²) in [5.41, 5.74) is 1.89. The highest BCUT2D eigenvalue weighted by Crippen LogP contribution is 2.18. The zero-order chi connectivity index (χ0) is 16.9. The number of hydrogen-bond donors (Lipinski definition) is 2. The van der Waals surface area contributed by atoms with Crippen LogP contribution in [-0.4, -0.2) is 25.2 Å². The lowest BCUT2D eigenvalue weighted by Crippen LogP contribution is -2.11. The maximum absolute atomic E-state index is 12.0. The first kappa shape index (κ1) is 17.5. The van der Waals surface area contributed by atoms with Gasteiger partial charge in [-0.15, -0.1) is 0 Å². The quantitative estimate of drug-likeness (QED) is 0.748. The number of rotatable bonds is 7. The van der Waals surface area contributed by atoms with Gasteiger partial charge in [0.1, 0.15) is 0 Å². The molecule has 2 aromatic rings. The summed E-state index contributed by atoms with van der Waals surface area (Å²) in [6, 6.07) is 14.2. The number of aliphatic carboxylic acids is 1. The van der Waals surface area contributed by atoms with E-state index in [1.807, 2.05) is 24.3 Å². The molecule has 23 heavy (non-hydrogen) atoms. The molecule has 7 heteroatoms. The SMILES string of the molecule is O=C(O)CCS(=O)(=O)c1ccc(NCc2cccc(Br)c2)cc1. The first-order valence-electron chi connectivity index (χ1n) is 6.90. The van der Waals surface area contributed by atoms with Crippen LogP contribution in [0, 0.1) is 0 Å². The van der Waals surface area contributed by atoms with Gasteiger partial charge in [-0.3, -0.25) is 4.79 Å². The smallest absolute Gasteiger partial charge is 0.304 e. The van der Waals surface area contributed by atoms with E-state index in [2.05, 4.69) is 21.2 Å². The Morgan fingerprint density at radius 2 is 1.83 bits per heavy atom. The minimum Gasteiger partial charge on any atom is -0.481 e. The zero-order valence-corrected chi connectivity index (χ0v) is 14.6. The lowest BCUT2D eigenvalue weighted by atomic mass is 10.2. The third kappa shape index (κ3) is 5.37. The highest BCUT2D eigenvalue weighted by molar-refractivity contribution is 9.10. The van der Waals surface area contributed by atoms with Crippen LogP contribution >= 0.6 is 15.9 Å². The molecule has 0 amide bonds. The fourth-order valence-electron chi connectivity index (χ4n) is 1.97. The first-order valence-corrected chi connectivity index (χ1v) is 9.34. The summed E-state index contributed by atoms with van der Waals surface area (Å²) < 4.78 is 24.9. The molecule has 0 spiro atoms. The number of hydrogen-bond acceptors (Lipinski definition) is 4. The minimum atomic E-state index is -3.56. The molecule has 0 bridgehead atoms. The molecular formula is C16H16BrNO4S. The minimum absolute atomic E-state index is 0.131. The maximum atomic E-state index is 12.0. The molecule has 5 nitrogen and oxygen atoms in total. The van der Waals surface area contributed by atoms with Gasteiger partial charge in [-0.1, -0.05) is 28.1 Å². The number of sulfone groups is 1. The van der Waals surface area contributed by atoms with Gasteiger partial charge in [0.15, 0.2) is 9.84 Å². The van der Waals surface area contributed by atoms with Crippen LogP contribution in [0.4, 0.5) is 5.69 Å². The van der Waals surface area contributed by atoms with Crippen molar-refractivity contribution in [2.24, 2.45) is 0 Å². The summed E-state index contributed by atoms with van der Waals surface area (Å²) in [5.74, 6) is -1.52. The standard InChI is InChI=1S/C16H16BrNO4S/c17-13-3-1-2-12(10-13)11-18-14-4-6-15(7-5-14)23(21,22)9-8-16(19)20/h1-7,10,18H,8-9,11H2,(H,19,20). The van der Waals surface area contributed by atoms with Crippen molar-refractivity contribution in [3.05, 3.63) is 58.6 Å². The van der Waals surface area contributed by atoms with E-state index in [-0.39, 0.29) is 4.90 Å². The second-order valence-corrected chi connectivity index (χ2v) is 8.00. The number of nitrogens with one attached hydrogen (secondary N) is 1. The average Bonchev–Trinajstić information content (AvgIpc) is 2.52. The maximum Gasteiger partial charge on any atom is 0.304 e. The van der Waals surface area contributed by atoms with Gasteiger partial charge >= 0.3 is 5.97 Å². The molecule has 122 valence electrons. The highest BCUT2D eigenvalue weighted by atomic mass is 79.9. The van der Waals surface area contributed by atoms with Gasteiger partial charge in [0.2, 0.25) is 0 Å². The van der Waals surface area contributed by atoms with E-state index in [0.717, 1.165) is 15.7 Å². The van der Waals surface area contributed by atoms with Crippen LogP contribution in [0.3, 0.4) is 0 Å². The molecule has 2 aromatic carbocycles. The number of carboxylic acid groups (broad SMARTS) is 1. The van der Waals surface area contributed by atoms with Crippen molar-refractivity contribution in [1.29, 1.82) is 0 Å². The lowest BCUT2D eigenvalue weighted by Gasteiger charge is -2.08. The summed E-state index contributed by atoms with van der Waals surface area (Å²) in [5, 5.41) is 11.8.